The zero-order valence-electron chi connectivity index (χ0n) is 89.3. The van der Waals surface area contributed by atoms with Gasteiger partial charge in [-0.2, -0.15) is 0 Å². The van der Waals surface area contributed by atoms with Crippen molar-refractivity contribution in [2.75, 3.05) is 39.8 Å². The number of fused-ring (bicyclic) bond motifs is 2. The summed E-state index contributed by atoms with van der Waals surface area (Å²) in [5, 5.41) is 0.804. The molecule has 0 aromatic heterocycles. The molecule has 5 nitrogen and oxygen atoms in total. The lowest BCUT2D eigenvalue weighted by atomic mass is 9.86. The second-order valence-corrected chi connectivity index (χ2v) is 44.3. The molecule has 704 valence electrons. The van der Waals surface area contributed by atoms with Crippen LogP contribution < -0.4 is 23.7 Å². The minimum absolute atomic E-state index is 0.0437. The fourth-order valence-corrected chi connectivity index (χ4v) is 12.5. The number of ether oxygens (including phenoxy) is 5. The highest BCUT2D eigenvalue weighted by atomic mass is 35.5. The van der Waals surface area contributed by atoms with Gasteiger partial charge < -0.3 is 23.7 Å². The maximum absolute atomic E-state index is 14.0. The molecule has 11 aromatic rings. The number of thioether (sulfide) groups is 1. The van der Waals surface area contributed by atoms with Crippen LogP contribution in [0.5, 0.6) is 28.7 Å². The molecule has 0 aliphatic carbocycles. The lowest BCUT2D eigenvalue weighted by molar-refractivity contribution is 0.163. The Morgan fingerprint density at radius 2 is 0.628 bits per heavy atom. The van der Waals surface area contributed by atoms with Gasteiger partial charge in [-0.05, 0) is 218 Å². The van der Waals surface area contributed by atoms with Gasteiger partial charge in [0.05, 0.1) is 14.0 Å². The van der Waals surface area contributed by atoms with Crippen molar-refractivity contribution in [2.45, 2.75) is 293 Å². The van der Waals surface area contributed by atoms with E-state index in [1.165, 1.54) is 68.6 Å². The molecule has 2 aliphatic heterocycles. The third-order valence-electron chi connectivity index (χ3n) is 20.2. The highest BCUT2D eigenvalue weighted by Gasteiger charge is 2.28. The van der Waals surface area contributed by atoms with Crippen LogP contribution in [0.2, 0.25) is 5.02 Å². The van der Waals surface area contributed by atoms with Crippen molar-refractivity contribution in [3.05, 3.63) is 356 Å². The highest BCUT2D eigenvalue weighted by Crippen LogP contribution is 2.40. The Balaban J connectivity index is 0.000000380. The zero-order chi connectivity index (χ0) is 102. The summed E-state index contributed by atoms with van der Waals surface area (Å²) in [7, 11) is 1.69. The first-order valence-electron chi connectivity index (χ1n) is 46.8. The summed E-state index contributed by atoms with van der Waals surface area (Å²) in [6, 6.07) is 68.8. The van der Waals surface area contributed by atoms with Gasteiger partial charge >= 0.3 is 0 Å². The standard InChI is InChI=1S/C12H15FO2.C12H16O2.C11H16O.C11H16S.C10H13Cl.C10H12F2.3C10H13F.2C10H14/c1-12(2,3)8-4-5-9-11(10(8)13)15-7-6-14-9;1-12(2,3)9-4-5-10-11(8-9)14-7-6-13-10;2*1-11(2,3)9-5-7-10(12-4)8-6-9;1-10(2,3)8-4-6-9(11)7-5-8;1-10(2,3)7-5-4-6-8(11)9(7)12;1-10(2,3)8-4-6-9(11)7-5-8;1-10(2,3)8-5-4-6-9(11)7-8;1-10(2,3)8-6-4-5-7-9(8)11;2*1-10(2,3)9-7-5-4-6-8-9/h4-5H,6-7H2,1-3H3;4-5,8H,6-7H2,1-3H3;2*5-8H,1-4H3;4-7H,1-3H3;4-6H,1-3H3;3*4-7H,1-3H3;2*4-8H,1-3H3/i;;;;;;;;;4D,5D,6D,7D,8D;. The Hall–Kier alpha value is -9.36. The summed E-state index contributed by atoms with van der Waals surface area (Å²) < 4.78 is 143. The molecule has 0 bridgehead atoms. The van der Waals surface area contributed by atoms with Crippen LogP contribution in [0.3, 0.4) is 0 Å². The van der Waals surface area contributed by atoms with E-state index in [0.717, 1.165) is 39.5 Å². The van der Waals surface area contributed by atoms with Gasteiger partial charge in [0.15, 0.2) is 40.4 Å². The van der Waals surface area contributed by atoms with Crippen molar-refractivity contribution in [3.8, 4) is 28.7 Å². The van der Waals surface area contributed by atoms with Crippen molar-refractivity contribution in [2.24, 2.45) is 0 Å². The third kappa shape index (κ3) is 42.2. The minimum Gasteiger partial charge on any atom is -0.497 e. The van der Waals surface area contributed by atoms with Crippen molar-refractivity contribution >= 4 is 23.4 Å². The zero-order valence-corrected chi connectivity index (χ0v) is 85.9. The van der Waals surface area contributed by atoms with Crippen LogP contribution in [0, 0.1) is 34.9 Å². The number of hydrogen-bond acceptors (Lipinski definition) is 6. The van der Waals surface area contributed by atoms with Crippen molar-refractivity contribution in [3.63, 3.8) is 0 Å². The third-order valence-corrected chi connectivity index (χ3v) is 21.2. The molecule has 129 heavy (non-hydrogen) atoms. The number of methoxy groups -OCH3 is 1. The summed E-state index contributed by atoms with van der Waals surface area (Å²) in [6.45, 7) is 70.9. The quantitative estimate of drug-likeness (QED) is 0.127. The largest absolute Gasteiger partial charge is 0.497 e. The second-order valence-electron chi connectivity index (χ2n) is 43.0. The minimum atomic E-state index is -0.776. The van der Waals surface area contributed by atoms with Crippen LogP contribution in [0.15, 0.2) is 260 Å². The van der Waals surface area contributed by atoms with Gasteiger partial charge in [0, 0.05) is 9.92 Å². The SMILES string of the molecule is CC(C)(C)c1ccc(Cl)cc1.CC(C)(C)c1ccc(F)cc1.CC(C)(C)c1ccc2c(c1)OCCO2.CC(C)(C)c1ccc2c(c1F)OCCO2.CC(C)(C)c1cccc(F)c1.CC(C)(C)c1cccc(F)c1F.CC(C)(C)c1ccccc1.CC(C)(C)c1ccccc1F.COc1ccc(C(C)(C)C)cc1.CSc1ccc(C(C)(C)C)cc1.[2H]c1c([2H])c([2H])c(C(C)(C)C)c([2H])c1[2H]. The lowest BCUT2D eigenvalue weighted by Gasteiger charge is -2.24. The number of halogens is 7. The molecule has 11 aromatic carbocycles. The Kier molecular flexibility index (Phi) is 41.0. The molecule has 0 atom stereocenters. The molecule has 0 N–H and O–H groups in total. The maximum atomic E-state index is 14.0. The first-order valence-corrected chi connectivity index (χ1v) is 45.9. The fourth-order valence-electron chi connectivity index (χ4n) is 11.9. The molecule has 13 heteroatoms. The van der Waals surface area contributed by atoms with Crippen LogP contribution in [-0.2, 0) is 59.6 Å². The molecular weight excluding hydrogens is 1650 g/mol. The van der Waals surface area contributed by atoms with E-state index in [2.05, 4.69) is 243 Å². The van der Waals surface area contributed by atoms with E-state index in [1.807, 2.05) is 144 Å². The second kappa shape index (κ2) is 50.3. The van der Waals surface area contributed by atoms with Crippen LogP contribution in [0.25, 0.3) is 0 Å². The predicted octanol–water partition coefficient (Wildman–Crippen LogP) is 34.6. The summed E-state index contributed by atoms with van der Waals surface area (Å²) in [4.78, 5) is 1.34. The van der Waals surface area contributed by atoms with Gasteiger partial charge in [0.2, 0.25) is 0 Å². The first-order chi connectivity index (χ1) is 61.4. The molecule has 0 unspecified atom stereocenters. The number of hydrogen-bond donors (Lipinski definition) is 0. The number of rotatable bonds is 2. The monoisotopic (exact) mass is 1810 g/mol. The van der Waals surface area contributed by atoms with Gasteiger partial charge in [-0.25, -0.2) is 26.3 Å². The molecule has 2 aliphatic rings. The first kappa shape index (κ1) is 105. The van der Waals surface area contributed by atoms with Crippen LogP contribution in [0.1, 0.15) is 297 Å². The summed E-state index contributed by atoms with van der Waals surface area (Å²) in [6.07, 6.45) is 2.10. The molecule has 0 saturated carbocycles. The van der Waals surface area contributed by atoms with Crippen molar-refractivity contribution < 1.29 is 56.9 Å². The highest BCUT2D eigenvalue weighted by molar-refractivity contribution is 7.98. The molecule has 0 radical (unpaired) electrons. The Labute approximate surface area is 792 Å². The van der Waals surface area contributed by atoms with Crippen molar-refractivity contribution in [1.29, 1.82) is 0 Å². The van der Waals surface area contributed by atoms with E-state index in [-0.39, 0.29) is 108 Å². The van der Waals surface area contributed by atoms with E-state index in [9.17, 15) is 26.3 Å². The fraction of sp³-hybridized carbons (Fsp3) is 0.431. The topological polar surface area (TPSA) is 46.2 Å². The smallest absolute Gasteiger partial charge is 0.197 e. The van der Waals surface area contributed by atoms with Crippen molar-refractivity contribution in [1.82, 2.24) is 0 Å². The van der Waals surface area contributed by atoms with E-state index >= 15 is 0 Å². The molecular formula is C116H155ClF6O5S. The average molecular weight is 1820 g/mol. The van der Waals surface area contributed by atoms with Crippen LogP contribution in [0.4, 0.5) is 26.3 Å². The molecule has 2 heterocycles. The van der Waals surface area contributed by atoms with Gasteiger partial charge in [-0.1, -0.05) is 404 Å². The van der Waals surface area contributed by atoms with Gasteiger partial charge in [-0.3, -0.25) is 0 Å². The van der Waals surface area contributed by atoms with E-state index in [1.54, 1.807) is 55.3 Å². The average Bonchev–Trinajstić information content (AvgIpc) is 0.772. The molecule has 0 spiro atoms. The predicted molar refractivity (Wildman–Crippen MR) is 542 cm³/mol. The molecule has 0 saturated heterocycles. The van der Waals surface area contributed by atoms with E-state index < -0.39 is 17.0 Å². The normalized spacial score (nSPS) is 13.0. The van der Waals surface area contributed by atoms with Crippen LogP contribution in [-0.4, -0.2) is 39.8 Å². The van der Waals surface area contributed by atoms with Gasteiger partial charge in [0.1, 0.15) is 49.6 Å². The maximum Gasteiger partial charge on any atom is 0.197 e. The van der Waals surface area contributed by atoms with Crippen LogP contribution >= 0.6 is 23.4 Å². The van der Waals surface area contributed by atoms with E-state index in [0.29, 0.717) is 54.3 Å². The molecule has 0 fully saturated rings. The Bertz CT molecular complexity index is 5240. The molecule has 13 rings (SSSR count). The summed E-state index contributed by atoms with van der Waals surface area (Å²) >= 11 is 7.55. The van der Waals surface area contributed by atoms with E-state index in [4.69, 9.17) is 42.1 Å². The van der Waals surface area contributed by atoms with Gasteiger partial charge in [-0.15, -0.1) is 11.8 Å². The van der Waals surface area contributed by atoms with Gasteiger partial charge in [0.25, 0.3) is 0 Å². The summed E-state index contributed by atoms with van der Waals surface area (Å²) in [5.74, 6) is 1.19. The lowest BCUT2D eigenvalue weighted by Crippen LogP contribution is -2.20. The number of benzene rings is 11. The Morgan fingerprint density at radius 3 is 1.02 bits per heavy atom. The Morgan fingerprint density at radius 1 is 0.287 bits per heavy atom. The molecule has 0 amide bonds. The summed E-state index contributed by atoms with van der Waals surface area (Å²) in [5.41, 5.74) is 11.4.